The number of rotatable bonds is 4. The molecule has 0 radical (unpaired) electrons. The molecule has 2 heterocycles. The van der Waals surface area contributed by atoms with Crippen LogP contribution in [0.15, 0.2) is 28.8 Å². The van der Waals surface area contributed by atoms with E-state index in [9.17, 15) is 13.5 Å². The normalized spacial score (nSPS) is 21.7. The van der Waals surface area contributed by atoms with Crippen LogP contribution in [0.2, 0.25) is 0 Å². The van der Waals surface area contributed by atoms with Crippen molar-refractivity contribution < 1.29 is 18.0 Å². The smallest absolute Gasteiger partial charge is 0.260 e. The maximum Gasteiger partial charge on any atom is 0.260 e. The lowest BCUT2D eigenvalue weighted by molar-refractivity contribution is 0.0194. The molecule has 1 N–H and O–H groups in total. The molecule has 1 aliphatic heterocycles. The first-order valence-corrected chi connectivity index (χ1v) is 8.93. The van der Waals surface area contributed by atoms with Crippen molar-refractivity contribution in [2.24, 2.45) is 0 Å². The predicted octanol–water partition coefficient (Wildman–Crippen LogP) is 0.673. The summed E-state index contributed by atoms with van der Waals surface area (Å²) in [7, 11) is -3.64. The molecule has 0 bridgehead atoms. The Labute approximate surface area is 139 Å². The third-order valence-corrected chi connectivity index (χ3v) is 5.73. The molecule has 1 saturated heterocycles. The number of hydrogen-bond donors (Lipinski definition) is 1. The van der Waals surface area contributed by atoms with E-state index in [1.54, 1.807) is 31.2 Å². The Morgan fingerprint density at radius 1 is 1.50 bits per heavy atom. The Bertz CT molecular complexity index is 902. The van der Waals surface area contributed by atoms with Crippen molar-refractivity contribution >= 4 is 10.0 Å². The minimum Gasteiger partial charge on any atom is -0.379 e. The molecule has 8 nitrogen and oxygen atoms in total. The Morgan fingerprint density at radius 2 is 2.29 bits per heavy atom. The van der Waals surface area contributed by atoms with Crippen molar-refractivity contribution in [2.45, 2.75) is 24.7 Å². The van der Waals surface area contributed by atoms with Crippen LogP contribution in [0.3, 0.4) is 0 Å². The lowest BCUT2D eigenvalue weighted by Gasteiger charge is -2.19. The molecule has 2 aromatic rings. The molecule has 0 spiro atoms. The maximum absolute atomic E-state index is 12.6. The van der Waals surface area contributed by atoms with Gasteiger partial charge in [-0.3, -0.25) is 0 Å². The summed E-state index contributed by atoms with van der Waals surface area (Å²) in [5.41, 5.74) is -0.539. The first-order valence-electron chi connectivity index (χ1n) is 7.32. The number of hydrogen-bond acceptors (Lipinski definition) is 7. The Balaban J connectivity index is 1.78. The van der Waals surface area contributed by atoms with Crippen LogP contribution in [-0.4, -0.2) is 41.1 Å². The first-order chi connectivity index (χ1) is 11.3. The SMILES string of the molecule is Cc1noc([C@@]2(O)CCN(S(=O)(=O)Cc3cccc(C#N)c3)C2)n1. The highest BCUT2D eigenvalue weighted by molar-refractivity contribution is 7.88. The van der Waals surface area contributed by atoms with Crippen molar-refractivity contribution in [3.8, 4) is 6.07 Å². The summed E-state index contributed by atoms with van der Waals surface area (Å²) >= 11 is 0. The zero-order valence-electron chi connectivity index (χ0n) is 13.0. The molecule has 1 aromatic carbocycles. The van der Waals surface area contributed by atoms with Gasteiger partial charge in [-0.05, 0) is 24.6 Å². The second-order valence-corrected chi connectivity index (χ2v) is 7.80. The molecule has 24 heavy (non-hydrogen) atoms. The van der Waals surface area contributed by atoms with Crippen LogP contribution in [0.4, 0.5) is 0 Å². The van der Waals surface area contributed by atoms with Gasteiger partial charge in [0.1, 0.15) is 0 Å². The highest BCUT2D eigenvalue weighted by Gasteiger charge is 2.46. The van der Waals surface area contributed by atoms with Gasteiger partial charge < -0.3 is 9.63 Å². The molecule has 3 rings (SSSR count). The molecule has 0 unspecified atom stereocenters. The minimum atomic E-state index is -3.64. The van der Waals surface area contributed by atoms with E-state index in [1.165, 1.54) is 4.31 Å². The van der Waals surface area contributed by atoms with Gasteiger partial charge in [-0.25, -0.2) is 8.42 Å². The fraction of sp³-hybridized carbons (Fsp3) is 0.400. The van der Waals surface area contributed by atoms with Crippen LogP contribution < -0.4 is 0 Å². The van der Waals surface area contributed by atoms with E-state index in [4.69, 9.17) is 9.78 Å². The highest BCUT2D eigenvalue weighted by Crippen LogP contribution is 2.33. The summed E-state index contributed by atoms with van der Waals surface area (Å²) in [4.78, 5) is 4.00. The number of benzene rings is 1. The van der Waals surface area contributed by atoms with Gasteiger partial charge in [-0.1, -0.05) is 17.3 Å². The van der Waals surface area contributed by atoms with Gasteiger partial charge >= 0.3 is 0 Å². The standard InChI is InChI=1S/C15H16N4O4S/c1-11-17-14(23-18-11)15(20)5-6-19(10-15)24(21,22)9-13-4-2-3-12(7-13)8-16/h2-4,7,20H,5-6,9-10H2,1H3/t15-/m1/s1. The molecule has 9 heteroatoms. The predicted molar refractivity (Wildman–Crippen MR) is 82.9 cm³/mol. The third-order valence-electron chi connectivity index (χ3n) is 3.94. The Hall–Kier alpha value is -2.28. The van der Waals surface area contributed by atoms with E-state index in [0.29, 0.717) is 17.0 Å². The van der Waals surface area contributed by atoms with Crippen LogP contribution in [0.1, 0.15) is 29.3 Å². The molecule has 1 fully saturated rings. The topological polar surface area (TPSA) is 120 Å². The van der Waals surface area contributed by atoms with E-state index >= 15 is 0 Å². The van der Waals surface area contributed by atoms with Crippen LogP contribution in [-0.2, 0) is 21.4 Å². The van der Waals surface area contributed by atoms with Gasteiger partial charge in [-0.2, -0.15) is 14.6 Å². The molecule has 1 aliphatic rings. The monoisotopic (exact) mass is 348 g/mol. The quantitative estimate of drug-likeness (QED) is 0.862. The van der Waals surface area contributed by atoms with Gasteiger partial charge in [0.15, 0.2) is 11.4 Å². The average Bonchev–Trinajstić information content (AvgIpc) is 3.15. The second kappa shape index (κ2) is 5.98. The van der Waals surface area contributed by atoms with E-state index in [2.05, 4.69) is 10.1 Å². The van der Waals surface area contributed by atoms with Crippen molar-refractivity contribution in [2.75, 3.05) is 13.1 Å². The highest BCUT2D eigenvalue weighted by atomic mass is 32.2. The number of aliphatic hydroxyl groups is 1. The number of aromatic nitrogens is 2. The molecular formula is C15H16N4O4S. The number of sulfonamides is 1. The fourth-order valence-electron chi connectivity index (χ4n) is 2.69. The van der Waals surface area contributed by atoms with E-state index in [-0.39, 0.29) is 31.2 Å². The summed E-state index contributed by atoms with van der Waals surface area (Å²) in [5, 5.41) is 23.2. The summed E-state index contributed by atoms with van der Waals surface area (Å²) in [5.74, 6) is 0.179. The van der Waals surface area contributed by atoms with Gasteiger partial charge in [0.2, 0.25) is 10.0 Å². The van der Waals surface area contributed by atoms with Crippen LogP contribution in [0.5, 0.6) is 0 Å². The molecule has 1 aromatic heterocycles. The number of nitrogens with zero attached hydrogens (tertiary/aromatic N) is 4. The molecule has 0 saturated carbocycles. The number of nitriles is 1. The summed E-state index contributed by atoms with van der Waals surface area (Å²) in [6.45, 7) is 1.66. The largest absolute Gasteiger partial charge is 0.379 e. The second-order valence-electron chi connectivity index (χ2n) is 5.83. The molecule has 126 valence electrons. The fourth-order valence-corrected chi connectivity index (χ4v) is 4.25. The van der Waals surface area contributed by atoms with E-state index in [1.807, 2.05) is 6.07 Å². The third kappa shape index (κ3) is 3.17. The number of β-amino-alcohol motifs (C(OH)–C–C–N with tert-alkyl or cyclic N) is 1. The lowest BCUT2D eigenvalue weighted by atomic mass is 10.0. The molecule has 1 atom stereocenters. The van der Waals surface area contributed by atoms with Crippen LogP contribution in [0.25, 0.3) is 0 Å². The van der Waals surface area contributed by atoms with Crippen molar-refractivity contribution in [3.63, 3.8) is 0 Å². The molecule has 0 aliphatic carbocycles. The van der Waals surface area contributed by atoms with Gasteiger partial charge in [0.25, 0.3) is 5.89 Å². The van der Waals surface area contributed by atoms with Crippen molar-refractivity contribution in [1.29, 1.82) is 5.26 Å². The zero-order valence-corrected chi connectivity index (χ0v) is 13.8. The van der Waals surface area contributed by atoms with Crippen molar-refractivity contribution in [1.82, 2.24) is 14.4 Å². The minimum absolute atomic E-state index is 0.0316. The lowest BCUT2D eigenvalue weighted by Crippen LogP contribution is -2.35. The average molecular weight is 348 g/mol. The summed E-state index contributed by atoms with van der Waals surface area (Å²) < 4.78 is 31.4. The Morgan fingerprint density at radius 3 is 2.96 bits per heavy atom. The van der Waals surface area contributed by atoms with E-state index < -0.39 is 15.6 Å². The van der Waals surface area contributed by atoms with E-state index in [0.717, 1.165) is 0 Å². The van der Waals surface area contributed by atoms with Crippen LogP contribution >= 0.6 is 0 Å². The maximum atomic E-state index is 12.6. The first kappa shape index (κ1) is 16.6. The summed E-state index contributed by atoms with van der Waals surface area (Å²) in [6.07, 6.45) is 0.187. The molecule has 0 amide bonds. The van der Waals surface area contributed by atoms with Crippen LogP contribution in [0, 0.1) is 18.3 Å². The number of aryl methyl sites for hydroxylation is 1. The Kier molecular flexibility index (Phi) is 4.13. The zero-order chi connectivity index (χ0) is 17.4. The van der Waals surface area contributed by atoms with Gasteiger partial charge in [0.05, 0.1) is 23.9 Å². The van der Waals surface area contributed by atoms with Gasteiger partial charge in [0, 0.05) is 13.0 Å². The van der Waals surface area contributed by atoms with Crippen molar-refractivity contribution in [3.05, 3.63) is 47.1 Å². The van der Waals surface area contributed by atoms with Gasteiger partial charge in [-0.15, -0.1) is 0 Å². The summed E-state index contributed by atoms with van der Waals surface area (Å²) in [6, 6.07) is 8.44. The molecular weight excluding hydrogens is 332 g/mol.